The summed E-state index contributed by atoms with van der Waals surface area (Å²) in [5.74, 6) is 0. The molecule has 16 heavy (non-hydrogen) atoms. The summed E-state index contributed by atoms with van der Waals surface area (Å²) in [6.07, 6.45) is -16.5. The number of rotatable bonds is 0. The van der Waals surface area contributed by atoms with Crippen LogP contribution in [0.4, 0.5) is 35.1 Å². The Morgan fingerprint density at radius 3 is 0.875 bits per heavy atom. The van der Waals surface area contributed by atoms with Gasteiger partial charge >= 0.3 is 12.4 Å². The van der Waals surface area contributed by atoms with Crippen LogP contribution in [-0.4, -0.2) is 23.7 Å². The van der Waals surface area contributed by atoms with Crippen molar-refractivity contribution >= 4 is 0 Å². The third kappa shape index (κ3) is 2.10. The molecule has 8 heteroatoms. The number of alkyl halides is 8. The Kier molecular flexibility index (Phi) is 2.92. The van der Waals surface area contributed by atoms with Crippen molar-refractivity contribution in [2.24, 2.45) is 0 Å². The second kappa shape index (κ2) is 3.46. The summed E-state index contributed by atoms with van der Waals surface area (Å²) < 4.78 is 98.9. The standard InChI is InChI=1S/C8H8F8/c9-5(7(11,12)13)1-2-6(10,4-3-5)8(14,15)16/h1-4H2. The largest absolute Gasteiger partial charge is 0.422 e. The zero-order valence-corrected chi connectivity index (χ0v) is 7.85. The Labute approximate surface area is 85.6 Å². The van der Waals surface area contributed by atoms with Crippen LogP contribution in [0.25, 0.3) is 0 Å². The molecule has 0 unspecified atom stereocenters. The average molecular weight is 256 g/mol. The SMILES string of the molecule is FC(F)(F)C1(F)CCC(F)(C(F)(F)F)CC1. The van der Waals surface area contributed by atoms with Gasteiger partial charge in [-0.2, -0.15) is 26.3 Å². The lowest BCUT2D eigenvalue weighted by molar-refractivity contribution is -0.280. The second-order valence-corrected chi connectivity index (χ2v) is 3.93. The maximum atomic E-state index is 13.2. The van der Waals surface area contributed by atoms with E-state index in [1.54, 1.807) is 0 Å². The van der Waals surface area contributed by atoms with E-state index in [2.05, 4.69) is 0 Å². The van der Waals surface area contributed by atoms with Gasteiger partial charge < -0.3 is 0 Å². The van der Waals surface area contributed by atoms with Crippen molar-refractivity contribution in [3.05, 3.63) is 0 Å². The van der Waals surface area contributed by atoms with Crippen molar-refractivity contribution in [3.8, 4) is 0 Å². The number of hydrogen-bond donors (Lipinski definition) is 0. The zero-order chi connectivity index (χ0) is 12.8. The summed E-state index contributed by atoms with van der Waals surface area (Å²) in [6, 6.07) is 0. The molecule has 0 amide bonds. The lowest BCUT2D eigenvalue weighted by Gasteiger charge is -2.39. The molecule has 0 spiro atoms. The fraction of sp³-hybridized carbons (Fsp3) is 1.00. The van der Waals surface area contributed by atoms with Gasteiger partial charge in [-0.25, -0.2) is 8.78 Å². The Morgan fingerprint density at radius 2 is 0.750 bits per heavy atom. The molecular weight excluding hydrogens is 248 g/mol. The minimum atomic E-state index is -5.25. The van der Waals surface area contributed by atoms with E-state index in [0.717, 1.165) is 0 Å². The smallest absolute Gasteiger partial charge is 0.234 e. The molecule has 1 rings (SSSR count). The van der Waals surface area contributed by atoms with E-state index in [-0.39, 0.29) is 0 Å². The second-order valence-electron chi connectivity index (χ2n) is 3.93. The molecule has 1 aliphatic carbocycles. The highest BCUT2D eigenvalue weighted by Gasteiger charge is 2.65. The van der Waals surface area contributed by atoms with Gasteiger partial charge in [0.15, 0.2) is 0 Å². The molecule has 1 saturated carbocycles. The van der Waals surface area contributed by atoms with Crippen LogP contribution in [0.3, 0.4) is 0 Å². The monoisotopic (exact) mass is 256 g/mol. The van der Waals surface area contributed by atoms with E-state index in [4.69, 9.17) is 0 Å². The summed E-state index contributed by atoms with van der Waals surface area (Å²) in [4.78, 5) is 0. The molecule has 0 aliphatic heterocycles. The molecule has 0 aromatic rings. The van der Waals surface area contributed by atoms with Crippen molar-refractivity contribution in [3.63, 3.8) is 0 Å². The summed E-state index contributed by atoms with van der Waals surface area (Å²) in [5.41, 5.74) is -7.40. The highest BCUT2D eigenvalue weighted by Crippen LogP contribution is 2.52. The van der Waals surface area contributed by atoms with Gasteiger partial charge in [-0.05, 0) is 25.7 Å². The molecule has 0 saturated heterocycles. The fourth-order valence-corrected chi connectivity index (χ4v) is 1.61. The first-order valence-electron chi connectivity index (χ1n) is 4.43. The van der Waals surface area contributed by atoms with Crippen molar-refractivity contribution < 1.29 is 35.1 Å². The maximum Gasteiger partial charge on any atom is 0.422 e. The number of halogens is 8. The minimum absolute atomic E-state index is 1.49. The third-order valence-electron chi connectivity index (χ3n) is 2.85. The van der Waals surface area contributed by atoms with Gasteiger partial charge in [0.2, 0.25) is 11.3 Å². The normalized spacial score (nSPS) is 37.5. The van der Waals surface area contributed by atoms with Gasteiger partial charge in [-0.1, -0.05) is 0 Å². The van der Waals surface area contributed by atoms with Crippen LogP contribution in [0.2, 0.25) is 0 Å². The molecule has 0 N–H and O–H groups in total. The van der Waals surface area contributed by atoms with E-state index in [1.165, 1.54) is 0 Å². The van der Waals surface area contributed by atoms with Crippen molar-refractivity contribution in [1.82, 2.24) is 0 Å². The predicted molar refractivity (Wildman–Crippen MR) is 38.3 cm³/mol. The lowest BCUT2D eigenvalue weighted by atomic mass is 9.77. The topological polar surface area (TPSA) is 0 Å². The van der Waals surface area contributed by atoms with E-state index in [1.807, 2.05) is 0 Å². The highest BCUT2D eigenvalue weighted by molar-refractivity contribution is 5.00. The van der Waals surface area contributed by atoms with E-state index in [9.17, 15) is 35.1 Å². The van der Waals surface area contributed by atoms with E-state index in [0.29, 0.717) is 0 Å². The van der Waals surface area contributed by atoms with Crippen molar-refractivity contribution in [1.29, 1.82) is 0 Å². The van der Waals surface area contributed by atoms with Crippen molar-refractivity contribution in [2.45, 2.75) is 49.4 Å². The molecule has 0 heterocycles. The zero-order valence-electron chi connectivity index (χ0n) is 7.85. The number of hydrogen-bond acceptors (Lipinski definition) is 0. The molecule has 1 aliphatic rings. The van der Waals surface area contributed by atoms with Crippen LogP contribution in [0.15, 0.2) is 0 Å². The van der Waals surface area contributed by atoms with E-state index >= 15 is 0 Å². The molecule has 0 aromatic carbocycles. The van der Waals surface area contributed by atoms with Crippen LogP contribution >= 0.6 is 0 Å². The quantitative estimate of drug-likeness (QED) is 0.572. The van der Waals surface area contributed by atoms with Crippen LogP contribution in [0, 0.1) is 0 Å². The average Bonchev–Trinajstić information content (AvgIpc) is 2.07. The van der Waals surface area contributed by atoms with Crippen LogP contribution in [0.1, 0.15) is 25.7 Å². The highest BCUT2D eigenvalue weighted by atomic mass is 19.4. The van der Waals surface area contributed by atoms with Crippen LogP contribution in [0.5, 0.6) is 0 Å². The molecular formula is C8H8F8. The first-order valence-corrected chi connectivity index (χ1v) is 4.43. The van der Waals surface area contributed by atoms with E-state index < -0.39 is 49.4 Å². The molecule has 96 valence electrons. The van der Waals surface area contributed by atoms with Gasteiger partial charge in [0.1, 0.15) is 0 Å². The van der Waals surface area contributed by atoms with Gasteiger partial charge in [-0.3, -0.25) is 0 Å². The summed E-state index contributed by atoms with van der Waals surface area (Å²) in [7, 11) is 0. The maximum absolute atomic E-state index is 13.2. The summed E-state index contributed by atoms with van der Waals surface area (Å²) in [6.45, 7) is 0. The minimum Gasteiger partial charge on any atom is -0.234 e. The van der Waals surface area contributed by atoms with Gasteiger partial charge in [0, 0.05) is 0 Å². The third-order valence-corrected chi connectivity index (χ3v) is 2.85. The van der Waals surface area contributed by atoms with Crippen LogP contribution in [-0.2, 0) is 0 Å². The molecule has 0 nitrogen and oxygen atoms in total. The van der Waals surface area contributed by atoms with Gasteiger partial charge in [0.25, 0.3) is 0 Å². The summed E-state index contributed by atoms with van der Waals surface area (Å²) >= 11 is 0. The molecule has 1 fully saturated rings. The molecule has 0 radical (unpaired) electrons. The van der Waals surface area contributed by atoms with Crippen molar-refractivity contribution in [2.75, 3.05) is 0 Å². The summed E-state index contributed by atoms with van der Waals surface area (Å²) in [5, 5.41) is 0. The first-order chi connectivity index (χ1) is 6.91. The van der Waals surface area contributed by atoms with Crippen LogP contribution < -0.4 is 0 Å². The first kappa shape index (κ1) is 13.5. The predicted octanol–water partition coefficient (Wildman–Crippen LogP) is 4.10. The Morgan fingerprint density at radius 1 is 0.562 bits per heavy atom. The molecule has 0 bridgehead atoms. The Bertz CT molecular complexity index is 226. The van der Waals surface area contributed by atoms with Gasteiger partial charge in [-0.15, -0.1) is 0 Å². The lowest BCUT2D eigenvalue weighted by Crippen LogP contribution is -2.52. The molecule has 0 aromatic heterocycles. The Hall–Kier alpha value is -0.560. The fourth-order valence-electron chi connectivity index (χ4n) is 1.61. The molecule has 0 atom stereocenters. The van der Waals surface area contributed by atoms with Gasteiger partial charge in [0.05, 0.1) is 0 Å². The Balaban J connectivity index is 2.79.